The molecule has 2 fully saturated rings. The Bertz CT molecular complexity index is 1270. The zero-order valence-electron chi connectivity index (χ0n) is 25.2. The molecule has 0 bridgehead atoms. The van der Waals surface area contributed by atoms with E-state index in [-0.39, 0.29) is 31.1 Å². The van der Waals surface area contributed by atoms with Crippen LogP contribution in [0, 0.1) is 5.92 Å². The van der Waals surface area contributed by atoms with Crippen LogP contribution in [0.5, 0.6) is 0 Å². The number of hydrogen-bond acceptors (Lipinski definition) is 7. The number of ether oxygens (including phenoxy) is 2. The quantitative estimate of drug-likeness (QED) is 0.375. The molecule has 2 saturated heterocycles. The molecule has 11 heteroatoms. The Hall–Kier alpha value is -4.41. The molecule has 2 N–H and O–H groups in total. The second kappa shape index (κ2) is 16.4. The number of nitrogens with zero attached hydrogens (tertiary/aromatic N) is 2. The summed E-state index contributed by atoms with van der Waals surface area (Å²) in [5, 5.41) is 5.57. The van der Waals surface area contributed by atoms with Crippen LogP contribution in [-0.4, -0.2) is 85.0 Å². The average Bonchev–Trinajstić information content (AvgIpc) is 3.06. The van der Waals surface area contributed by atoms with Gasteiger partial charge in [-0.15, -0.1) is 0 Å². The van der Waals surface area contributed by atoms with Crippen molar-refractivity contribution in [3.05, 3.63) is 71.8 Å². The van der Waals surface area contributed by atoms with Crippen LogP contribution in [0.3, 0.4) is 0 Å². The molecule has 0 aliphatic carbocycles. The Balaban J connectivity index is 1.20. The number of carbonyl (C=O) groups excluding carboxylic acids is 5. The van der Waals surface area contributed by atoms with Crippen LogP contribution in [-0.2, 0) is 30.5 Å². The fraction of sp³-hybridized carbons (Fsp3) is 0.485. The zero-order valence-corrected chi connectivity index (χ0v) is 25.2. The van der Waals surface area contributed by atoms with Gasteiger partial charge in [0.2, 0.25) is 11.8 Å². The van der Waals surface area contributed by atoms with Crippen LogP contribution in [0.2, 0.25) is 0 Å². The van der Waals surface area contributed by atoms with Crippen LogP contribution in [0.25, 0.3) is 0 Å². The molecule has 2 aromatic carbocycles. The van der Waals surface area contributed by atoms with Crippen molar-refractivity contribution in [2.45, 2.75) is 63.6 Å². The molecule has 236 valence electrons. The second-order valence-electron chi connectivity index (χ2n) is 11.4. The van der Waals surface area contributed by atoms with Gasteiger partial charge in [-0.2, -0.15) is 0 Å². The van der Waals surface area contributed by atoms with Gasteiger partial charge in [0, 0.05) is 44.2 Å². The Morgan fingerprint density at radius 1 is 0.886 bits per heavy atom. The molecular formula is C33H42N4O7. The molecule has 0 aromatic heterocycles. The Morgan fingerprint density at radius 2 is 1.57 bits per heavy atom. The van der Waals surface area contributed by atoms with E-state index in [1.807, 2.05) is 30.3 Å². The standard InChI is InChI=1S/C33H42N4O7/c1-43-30(39)21-28(35-31(40)26-11-6-3-7-12-26)32(41)34-27-13-8-18-37(22-27)29(38)15-14-24-16-19-36(20-17-24)33(42)44-23-25-9-4-2-5-10-25/h2-7,9-12,24,27-28H,8,13-23H2,1H3,(H,34,41)(H,35,40). The Kier molecular flexibility index (Phi) is 12.1. The molecular weight excluding hydrogens is 564 g/mol. The number of likely N-dealkylation sites (tertiary alicyclic amines) is 2. The number of piperidine rings is 2. The van der Waals surface area contributed by atoms with Crippen molar-refractivity contribution in [3.63, 3.8) is 0 Å². The highest BCUT2D eigenvalue weighted by molar-refractivity contribution is 5.98. The lowest BCUT2D eigenvalue weighted by Gasteiger charge is -2.35. The average molecular weight is 607 g/mol. The van der Waals surface area contributed by atoms with Crippen molar-refractivity contribution in [1.82, 2.24) is 20.4 Å². The molecule has 2 aliphatic rings. The van der Waals surface area contributed by atoms with E-state index >= 15 is 0 Å². The lowest BCUT2D eigenvalue weighted by atomic mass is 9.92. The second-order valence-corrected chi connectivity index (χ2v) is 11.4. The molecule has 0 saturated carbocycles. The molecule has 0 radical (unpaired) electrons. The summed E-state index contributed by atoms with van der Waals surface area (Å²) in [6, 6.07) is 16.6. The summed E-state index contributed by atoms with van der Waals surface area (Å²) in [5.74, 6) is -1.19. The first-order chi connectivity index (χ1) is 21.3. The van der Waals surface area contributed by atoms with Gasteiger partial charge in [0.1, 0.15) is 12.6 Å². The maximum absolute atomic E-state index is 13.2. The van der Waals surface area contributed by atoms with E-state index in [1.54, 1.807) is 40.1 Å². The van der Waals surface area contributed by atoms with Crippen molar-refractivity contribution in [1.29, 1.82) is 0 Å². The summed E-state index contributed by atoms with van der Waals surface area (Å²) < 4.78 is 10.2. The SMILES string of the molecule is COC(=O)CC(NC(=O)c1ccccc1)C(=O)NC1CCCN(C(=O)CCC2CCN(C(=O)OCc3ccccc3)CC2)C1. The van der Waals surface area contributed by atoms with E-state index in [4.69, 9.17) is 9.47 Å². The highest BCUT2D eigenvalue weighted by atomic mass is 16.6. The third-order valence-electron chi connectivity index (χ3n) is 8.22. The van der Waals surface area contributed by atoms with Gasteiger partial charge in [-0.1, -0.05) is 48.5 Å². The number of methoxy groups -OCH3 is 1. The van der Waals surface area contributed by atoms with E-state index in [9.17, 15) is 24.0 Å². The van der Waals surface area contributed by atoms with Gasteiger partial charge >= 0.3 is 12.1 Å². The fourth-order valence-corrected chi connectivity index (χ4v) is 5.61. The Labute approximate surface area is 258 Å². The number of esters is 1. The smallest absolute Gasteiger partial charge is 0.410 e. The zero-order chi connectivity index (χ0) is 31.3. The van der Waals surface area contributed by atoms with Gasteiger partial charge < -0.3 is 29.9 Å². The first-order valence-electron chi connectivity index (χ1n) is 15.3. The van der Waals surface area contributed by atoms with Crippen molar-refractivity contribution in [2.75, 3.05) is 33.3 Å². The molecule has 2 heterocycles. The van der Waals surface area contributed by atoms with E-state index in [0.717, 1.165) is 31.2 Å². The van der Waals surface area contributed by atoms with Gasteiger partial charge in [0.05, 0.1) is 13.5 Å². The maximum Gasteiger partial charge on any atom is 0.410 e. The topological polar surface area (TPSA) is 134 Å². The minimum atomic E-state index is -1.11. The van der Waals surface area contributed by atoms with Crippen LogP contribution in [0.1, 0.15) is 60.9 Å². The number of benzene rings is 2. The summed E-state index contributed by atoms with van der Waals surface area (Å²) in [6.45, 7) is 2.45. The molecule has 0 spiro atoms. The molecule has 11 nitrogen and oxygen atoms in total. The highest BCUT2D eigenvalue weighted by Gasteiger charge is 2.30. The third kappa shape index (κ3) is 9.82. The first kappa shape index (κ1) is 32.5. The van der Waals surface area contributed by atoms with Crippen LogP contribution in [0.15, 0.2) is 60.7 Å². The summed E-state index contributed by atoms with van der Waals surface area (Å²) in [5.41, 5.74) is 1.32. The molecule has 44 heavy (non-hydrogen) atoms. The maximum atomic E-state index is 13.2. The van der Waals surface area contributed by atoms with Crippen LogP contribution in [0.4, 0.5) is 4.79 Å². The number of amides is 4. The van der Waals surface area contributed by atoms with Crippen molar-refractivity contribution >= 4 is 29.8 Å². The lowest BCUT2D eigenvalue weighted by molar-refractivity contribution is -0.143. The summed E-state index contributed by atoms with van der Waals surface area (Å²) in [6.07, 6.45) is 3.60. The molecule has 2 aromatic rings. The van der Waals surface area contributed by atoms with E-state index in [2.05, 4.69) is 10.6 Å². The number of carbonyl (C=O) groups is 5. The summed E-state index contributed by atoms with van der Waals surface area (Å²) >= 11 is 0. The Morgan fingerprint density at radius 3 is 2.25 bits per heavy atom. The number of nitrogens with one attached hydrogen (secondary N) is 2. The lowest BCUT2D eigenvalue weighted by Crippen LogP contribution is -2.55. The minimum absolute atomic E-state index is 0.0390. The summed E-state index contributed by atoms with van der Waals surface area (Å²) in [7, 11) is 1.23. The molecule has 2 unspecified atom stereocenters. The van der Waals surface area contributed by atoms with Crippen molar-refractivity contribution in [3.8, 4) is 0 Å². The largest absolute Gasteiger partial charge is 0.469 e. The highest BCUT2D eigenvalue weighted by Crippen LogP contribution is 2.24. The normalized spacial score (nSPS) is 17.7. The van der Waals surface area contributed by atoms with Crippen LogP contribution < -0.4 is 10.6 Å². The fourth-order valence-electron chi connectivity index (χ4n) is 5.61. The van der Waals surface area contributed by atoms with E-state index in [0.29, 0.717) is 50.5 Å². The van der Waals surface area contributed by atoms with Gasteiger partial charge in [-0.05, 0) is 55.7 Å². The van der Waals surface area contributed by atoms with Gasteiger partial charge in [0.15, 0.2) is 0 Å². The number of rotatable bonds is 11. The minimum Gasteiger partial charge on any atom is -0.469 e. The molecule has 4 rings (SSSR count). The number of hydrogen-bond donors (Lipinski definition) is 2. The van der Waals surface area contributed by atoms with Crippen LogP contribution >= 0.6 is 0 Å². The predicted molar refractivity (Wildman–Crippen MR) is 162 cm³/mol. The predicted octanol–water partition coefficient (Wildman–Crippen LogP) is 3.28. The first-order valence-corrected chi connectivity index (χ1v) is 15.3. The van der Waals surface area contributed by atoms with Gasteiger partial charge in [-0.3, -0.25) is 19.2 Å². The third-order valence-corrected chi connectivity index (χ3v) is 8.22. The summed E-state index contributed by atoms with van der Waals surface area (Å²) in [4.78, 5) is 66.9. The van der Waals surface area contributed by atoms with Gasteiger partial charge in [-0.25, -0.2) is 4.79 Å². The molecule has 4 amide bonds. The van der Waals surface area contributed by atoms with Crippen molar-refractivity contribution in [2.24, 2.45) is 5.92 Å². The molecule has 2 atom stereocenters. The van der Waals surface area contributed by atoms with E-state index < -0.39 is 23.8 Å². The molecule has 2 aliphatic heterocycles. The monoisotopic (exact) mass is 606 g/mol. The van der Waals surface area contributed by atoms with E-state index in [1.165, 1.54) is 7.11 Å². The van der Waals surface area contributed by atoms with Gasteiger partial charge in [0.25, 0.3) is 5.91 Å². The van der Waals surface area contributed by atoms with Crippen molar-refractivity contribution < 1.29 is 33.4 Å².